The molecule has 1 saturated carbocycles. The lowest BCUT2D eigenvalue weighted by atomic mass is 9.98. The first-order valence-electron chi connectivity index (χ1n) is 3.49. The molecule has 0 bridgehead atoms. The fourth-order valence-corrected chi connectivity index (χ4v) is 1.44. The first-order valence-corrected chi connectivity index (χ1v) is 3.49. The third kappa shape index (κ3) is 0.916. The SMILES string of the molecule is C=NC1(C(N)=O)CCCC1. The molecule has 1 aliphatic carbocycles. The van der Waals surface area contributed by atoms with Crippen molar-refractivity contribution in [2.24, 2.45) is 10.7 Å². The molecule has 0 aromatic rings. The zero-order chi connectivity index (χ0) is 7.61. The van der Waals surface area contributed by atoms with Crippen molar-refractivity contribution in [3.05, 3.63) is 0 Å². The number of carbonyl (C=O) groups is 1. The maximum absolute atomic E-state index is 10.8. The predicted molar refractivity (Wildman–Crippen MR) is 39.9 cm³/mol. The molecule has 0 radical (unpaired) electrons. The molecule has 1 rings (SSSR count). The summed E-state index contributed by atoms with van der Waals surface area (Å²) in [5, 5.41) is 0. The van der Waals surface area contributed by atoms with E-state index in [2.05, 4.69) is 11.7 Å². The summed E-state index contributed by atoms with van der Waals surface area (Å²) in [5.41, 5.74) is 4.56. The predicted octanol–water partition coefficient (Wildman–Crippen LogP) is 0.485. The van der Waals surface area contributed by atoms with Crippen molar-refractivity contribution in [2.45, 2.75) is 31.2 Å². The Bertz CT molecular complexity index is 159. The highest BCUT2D eigenvalue weighted by atomic mass is 16.1. The first-order chi connectivity index (χ1) is 4.71. The van der Waals surface area contributed by atoms with Gasteiger partial charge in [0, 0.05) is 0 Å². The second kappa shape index (κ2) is 2.40. The van der Waals surface area contributed by atoms with E-state index in [1.807, 2.05) is 0 Å². The minimum atomic E-state index is -0.611. The van der Waals surface area contributed by atoms with Gasteiger partial charge >= 0.3 is 0 Å². The fourth-order valence-electron chi connectivity index (χ4n) is 1.44. The minimum Gasteiger partial charge on any atom is -0.368 e. The summed E-state index contributed by atoms with van der Waals surface area (Å²) in [6.45, 7) is 3.39. The van der Waals surface area contributed by atoms with Crippen LogP contribution in [0.15, 0.2) is 4.99 Å². The highest BCUT2D eigenvalue weighted by Crippen LogP contribution is 2.32. The van der Waals surface area contributed by atoms with Crippen LogP contribution < -0.4 is 5.73 Å². The number of amides is 1. The van der Waals surface area contributed by atoms with E-state index >= 15 is 0 Å². The number of nitrogens with two attached hydrogens (primary N) is 1. The van der Waals surface area contributed by atoms with Gasteiger partial charge in [0.2, 0.25) is 5.91 Å². The maximum atomic E-state index is 10.8. The van der Waals surface area contributed by atoms with Gasteiger partial charge in [-0.05, 0) is 19.6 Å². The van der Waals surface area contributed by atoms with Crippen LogP contribution in [0.5, 0.6) is 0 Å². The lowest BCUT2D eigenvalue weighted by Crippen LogP contribution is -2.39. The van der Waals surface area contributed by atoms with Crippen LogP contribution in [0.1, 0.15) is 25.7 Å². The van der Waals surface area contributed by atoms with Crippen LogP contribution in [0.2, 0.25) is 0 Å². The summed E-state index contributed by atoms with van der Waals surface area (Å²) in [5.74, 6) is -0.319. The molecule has 0 spiro atoms. The summed E-state index contributed by atoms with van der Waals surface area (Å²) in [6, 6.07) is 0. The molecule has 56 valence electrons. The normalized spacial score (nSPS) is 22.4. The number of primary amides is 1. The molecule has 0 aliphatic heterocycles. The molecule has 2 N–H and O–H groups in total. The van der Waals surface area contributed by atoms with Gasteiger partial charge in [0.05, 0.1) is 0 Å². The van der Waals surface area contributed by atoms with Crippen molar-refractivity contribution in [1.82, 2.24) is 0 Å². The Kier molecular flexibility index (Phi) is 1.74. The van der Waals surface area contributed by atoms with E-state index in [9.17, 15) is 4.79 Å². The second-order valence-electron chi connectivity index (χ2n) is 2.76. The average Bonchev–Trinajstić information content (AvgIpc) is 2.35. The Hall–Kier alpha value is -0.860. The molecule has 3 nitrogen and oxygen atoms in total. The van der Waals surface area contributed by atoms with E-state index in [1.54, 1.807) is 0 Å². The van der Waals surface area contributed by atoms with E-state index < -0.39 is 5.54 Å². The van der Waals surface area contributed by atoms with Gasteiger partial charge in [-0.3, -0.25) is 9.79 Å². The fraction of sp³-hybridized carbons (Fsp3) is 0.714. The number of hydrogen-bond acceptors (Lipinski definition) is 2. The quantitative estimate of drug-likeness (QED) is 0.557. The van der Waals surface area contributed by atoms with Gasteiger partial charge in [-0.15, -0.1) is 0 Å². The monoisotopic (exact) mass is 140 g/mol. The molecule has 1 fully saturated rings. The van der Waals surface area contributed by atoms with Gasteiger partial charge in [0.1, 0.15) is 5.54 Å². The van der Waals surface area contributed by atoms with Gasteiger partial charge < -0.3 is 5.73 Å². The van der Waals surface area contributed by atoms with Crippen LogP contribution >= 0.6 is 0 Å². The first kappa shape index (κ1) is 7.25. The molecule has 0 heterocycles. The Labute approximate surface area is 60.3 Å². The molecule has 3 heteroatoms. The Morgan fingerprint density at radius 2 is 2.00 bits per heavy atom. The van der Waals surface area contributed by atoms with Crippen LogP contribution in [-0.2, 0) is 4.79 Å². The zero-order valence-electron chi connectivity index (χ0n) is 5.97. The largest absolute Gasteiger partial charge is 0.368 e. The topological polar surface area (TPSA) is 55.4 Å². The third-order valence-electron chi connectivity index (χ3n) is 2.19. The van der Waals surface area contributed by atoms with E-state index in [4.69, 9.17) is 5.73 Å². The van der Waals surface area contributed by atoms with Gasteiger partial charge in [-0.2, -0.15) is 0 Å². The number of carbonyl (C=O) groups excluding carboxylic acids is 1. The number of rotatable bonds is 2. The van der Waals surface area contributed by atoms with Crippen molar-refractivity contribution in [2.75, 3.05) is 0 Å². The summed E-state index contributed by atoms with van der Waals surface area (Å²) in [6.07, 6.45) is 3.65. The number of hydrogen-bond donors (Lipinski definition) is 1. The van der Waals surface area contributed by atoms with Gasteiger partial charge in [0.25, 0.3) is 0 Å². The molecule has 0 unspecified atom stereocenters. The standard InChI is InChI=1S/C7H12N2O/c1-9-7(6(8)10)4-2-3-5-7/h1-5H2,(H2,8,10). The zero-order valence-corrected chi connectivity index (χ0v) is 5.97. The summed E-state index contributed by atoms with van der Waals surface area (Å²) in [7, 11) is 0. The molecule has 0 aromatic heterocycles. The van der Waals surface area contributed by atoms with E-state index in [0.717, 1.165) is 25.7 Å². The van der Waals surface area contributed by atoms with Crippen molar-refractivity contribution < 1.29 is 4.79 Å². The third-order valence-corrected chi connectivity index (χ3v) is 2.19. The van der Waals surface area contributed by atoms with Crippen LogP contribution in [0.25, 0.3) is 0 Å². The van der Waals surface area contributed by atoms with Crippen molar-refractivity contribution in [3.63, 3.8) is 0 Å². The molecule has 0 saturated heterocycles. The molecular formula is C7H12N2O. The number of nitrogens with zero attached hydrogens (tertiary/aromatic N) is 1. The van der Waals surface area contributed by atoms with Crippen LogP contribution in [0, 0.1) is 0 Å². The molecule has 1 aliphatic rings. The van der Waals surface area contributed by atoms with Crippen LogP contribution in [0.4, 0.5) is 0 Å². The highest BCUT2D eigenvalue weighted by Gasteiger charge is 2.37. The highest BCUT2D eigenvalue weighted by molar-refractivity contribution is 5.85. The minimum absolute atomic E-state index is 0.319. The Morgan fingerprint density at radius 3 is 2.20 bits per heavy atom. The van der Waals surface area contributed by atoms with E-state index in [-0.39, 0.29) is 5.91 Å². The summed E-state index contributed by atoms with van der Waals surface area (Å²) < 4.78 is 0. The molecular weight excluding hydrogens is 128 g/mol. The van der Waals surface area contributed by atoms with Gasteiger partial charge in [-0.25, -0.2) is 0 Å². The van der Waals surface area contributed by atoms with E-state index in [1.165, 1.54) is 0 Å². The van der Waals surface area contributed by atoms with Gasteiger partial charge in [-0.1, -0.05) is 12.8 Å². The summed E-state index contributed by atoms with van der Waals surface area (Å²) in [4.78, 5) is 14.6. The Morgan fingerprint density at radius 1 is 1.50 bits per heavy atom. The van der Waals surface area contributed by atoms with Crippen molar-refractivity contribution >= 4 is 12.6 Å². The Balaban J connectivity index is 2.76. The molecule has 10 heavy (non-hydrogen) atoms. The summed E-state index contributed by atoms with van der Waals surface area (Å²) >= 11 is 0. The second-order valence-corrected chi connectivity index (χ2v) is 2.76. The van der Waals surface area contributed by atoms with Crippen molar-refractivity contribution in [1.29, 1.82) is 0 Å². The lowest BCUT2D eigenvalue weighted by molar-refractivity contribution is -0.122. The van der Waals surface area contributed by atoms with Gasteiger partial charge in [0.15, 0.2) is 0 Å². The van der Waals surface area contributed by atoms with Crippen molar-refractivity contribution in [3.8, 4) is 0 Å². The lowest BCUT2D eigenvalue weighted by Gasteiger charge is -2.17. The number of aliphatic imine (C=N–C) groups is 1. The smallest absolute Gasteiger partial charge is 0.245 e. The van der Waals surface area contributed by atoms with Crippen LogP contribution in [-0.4, -0.2) is 18.2 Å². The average molecular weight is 140 g/mol. The maximum Gasteiger partial charge on any atom is 0.245 e. The molecule has 0 atom stereocenters. The molecule has 1 amide bonds. The van der Waals surface area contributed by atoms with E-state index in [0.29, 0.717) is 0 Å². The van der Waals surface area contributed by atoms with Crippen LogP contribution in [0.3, 0.4) is 0 Å². The molecule has 0 aromatic carbocycles.